The molecule has 0 radical (unpaired) electrons. The van der Waals surface area contributed by atoms with Gasteiger partial charge in [0.15, 0.2) is 5.96 Å². The van der Waals surface area contributed by atoms with Gasteiger partial charge in [-0.05, 0) is 64.5 Å². The van der Waals surface area contributed by atoms with Gasteiger partial charge in [0.2, 0.25) is 0 Å². The molecule has 1 saturated heterocycles. The van der Waals surface area contributed by atoms with Crippen LogP contribution in [0, 0.1) is 5.92 Å². The highest BCUT2D eigenvalue weighted by molar-refractivity contribution is 5.79. The number of ether oxygens (including phenoxy) is 1. The normalized spacial score (nSPS) is 22.6. The third-order valence-electron chi connectivity index (χ3n) is 5.29. The molecule has 5 heteroatoms. The van der Waals surface area contributed by atoms with Crippen LogP contribution in [0.3, 0.4) is 0 Å². The van der Waals surface area contributed by atoms with Gasteiger partial charge >= 0.3 is 0 Å². The highest BCUT2D eigenvalue weighted by atomic mass is 16.5. The second kappa shape index (κ2) is 10.9. The Morgan fingerprint density at radius 2 is 2.08 bits per heavy atom. The summed E-state index contributed by atoms with van der Waals surface area (Å²) in [6, 6.07) is 0.779. The van der Waals surface area contributed by atoms with E-state index in [1.165, 1.54) is 58.0 Å². The van der Waals surface area contributed by atoms with Gasteiger partial charge in [-0.1, -0.05) is 6.42 Å². The van der Waals surface area contributed by atoms with Crippen LogP contribution in [0.2, 0.25) is 0 Å². The lowest BCUT2D eigenvalue weighted by molar-refractivity contribution is 0.115. The van der Waals surface area contributed by atoms with Gasteiger partial charge < -0.3 is 19.9 Å². The van der Waals surface area contributed by atoms with Gasteiger partial charge in [-0.3, -0.25) is 4.99 Å². The first kappa shape index (κ1) is 19.5. The van der Waals surface area contributed by atoms with E-state index in [0.29, 0.717) is 0 Å². The molecule has 0 bridgehead atoms. The maximum atomic E-state index is 5.71. The van der Waals surface area contributed by atoms with Crippen molar-refractivity contribution < 1.29 is 4.74 Å². The number of rotatable bonds is 10. The lowest BCUT2D eigenvalue weighted by Gasteiger charge is -2.33. The lowest BCUT2D eigenvalue weighted by Crippen LogP contribution is -2.41. The zero-order valence-corrected chi connectivity index (χ0v) is 16.1. The molecule has 0 amide bonds. The summed E-state index contributed by atoms with van der Waals surface area (Å²) in [5.74, 6) is 1.83. The Bertz CT molecular complexity index is 370. The Hall–Kier alpha value is -0.810. The van der Waals surface area contributed by atoms with Crippen LogP contribution in [-0.4, -0.2) is 75.3 Å². The third-order valence-corrected chi connectivity index (χ3v) is 5.29. The Morgan fingerprint density at radius 1 is 1.25 bits per heavy atom. The van der Waals surface area contributed by atoms with Crippen molar-refractivity contribution in [2.75, 3.05) is 53.5 Å². The van der Waals surface area contributed by atoms with Crippen molar-refractivity contribution in [3.63, 3.8) is 0 Å². The fourth-order valence-electron chi connectivity index (χ4n) is 3.36. The van der Waals surface area contributed by atoms with Crippen molar-refractivity contribution in [1.82, 2.24) is 15.1 Å². The fourth-order valence-corrected chi connectivity index (χ4v) is 3.36. The molecule has 0 aromatic rings. The summed E-state index contributed by atoms with van der Waals surface area (Å²) >= 11 is 0. The molecule has 1 saturated carbocycles. The summed E-state index contributed by atoms with van der Waals surface area (Å²) in [4.78, 5) is 9.20. The largest absolute Gasteiger partial charge is 0.379 e. The van der Waals surface area contributed by atoms with Crippen LogP contribution in [0.15, 0.2) is 4.99 Å². The van der Waals surface area contributed by atoms with Crippen molar-refractivity contribution in [2.24, 2.45) is 10.9 Å². The summed E-state index contributed by atoms with van der Waals surface area (Å²) in [5.41, 5.74) is 0. The summed E-state index contributed by atoms with van der Waals surface area (Å²) < 4.78 is 5.71. The second-order valence-electron chi connectivity index (χ2n) is 7.50. The maximum absolute atomic E-state index is 5.71. The Balaban J connectivity index is 1.50. The molecule has 0 aromatic heterocycles. The molecular formula is C19H38N4O. The van der Waals surface area contributed by atoms with E-state index in [0.717, 1.165) is 44.2 Å². The van der Waals surface area contributed by atoms with Gasteiger partial charge in [0.05, 0.1) is 6.61 Å². The molecule has 1 atom stereocenters. The molecule has 1 aliphatic heterocycles. The zero-order valence-electron chi connectivity index (χ0n) is 16.1. The van der Waals surface area contributed by atoms with Crippen LogP contribution in [0.25, 0.3) is 0 Å². The number of aliphatic imine (C=N–C) groups is 1. The number of hydrogen-bond donors (Lipinski definition) is 1. The van der Waals surface area contributed by atoms with Crippen molar-refractivity contribution >= 4 is 5.96 Å². The number of hydrogen-bond acceptors (Lipinski definition) is 3. The monoisotopic (exact) mass is 338 g/mol. The van der Waals surface area contributed by atoms with E-state index in [9.17, 15) is 0 Å². The molecule has 2 rings (SSSR count). The molecule has 2 aliphatic rings. The average Bonchev–Trinajstić information content (AvgIpc) is 3.40. The number of guanidine groups is 1. The van der Waals surface area contributed by atoms with E-state index in [4.69, 9.17) is 4.74 Å². The number of nitrogens with zero attached hydrogens (tertiary/aromatic N) is 3. The van der Waals surface area contributed by atoms with Gasteiger partial charge in [-0.15, -0.1) is 0 Å². The maximum Gasteiger partial charge on any atom is 0.193 e. The predicted octanol–water partition coefficient (Wildman–Crippen LogP) is 2.57. The van der Waals surface area contributed by atoms with Crippen LogP contribution in [0.1, 0.15) is 51.9 Å². The third kappa shape index (κ3) is 7.39. The Labute approximate surface area is 148 Å². The van der Waals surface area contributed by atoms with Gasteiger partial charge in [-0.25, -0.2) is 0 Å². The first-order valence-corrected chi connectivity index (χ1v) is 9.94. The van der Waals surface area contributed by atoms with Crippen molar-refractivity contribution in [3.05, 3.63) is 0 Å². The topological polar surface area (TPSA) is 40.1 Å². The van der Waals surface area contributed by atoms with Crippen molar-refractivity contribution in [1.29, 1.82) is 0 Å². The molecule has 2 fully saturated rings. The molecule has 5 nitrogen and oxygen atoms in total. The van der Waals surface area contributed by atoms with E-state index in [1.54, 1.807) is 0 Å². The molecule has 1 aliphatic carbocycles. The average molecular weight is 339 g/mol. The molecule has 0 spiro atoms. The van der Waals surface area contributed by atoms with E-state index in [1.807, 2.05) is 7.05 Å². The van der Waals surface area contributed by atoms with E-state index < -0.39 is 0 Å². The first-order valence-electron chi connectivity index (χ1n) is 9.94. The number of unbranched alkanes of at least 4 members (excludes halogenated alkanes) is 1. The quantitative estimate of drug-likeness (QED) is 0.378. The number of likely N-dealkylation sites (tertiary alicyclic amines) is 1. The summed E-state index contributed by atoms with van der Waals surface area (Å²) in [6.45, 7) is 8.54. The van der Waals surface area contributed by atoms with Crippen molar-refractivity contribution in [2.45, 2.75) is 57.9 Å². The Kier molecular flexibility index (Phi) is 8.89. The highest BCUT2D eigenvalue weighted by Crippen LogP contribution is 2.28. The SMILES string of the molecule is CN=C(NCCCCN1CCCCC1C)N(C)CCOCC1CC1. The van der Waals surface area contributed by atoms with Gasteiger partial charge in [0.25, 0.3) is 0 Å². The van der Waals surface area contributed by atoms with E-state index in [-0.39, 0.29) is 0 Å². The van der Waals surface area contributed by atoms with Crippen LogP contribution >= 0.6 is 0 Å². The second-order valence-corrected chi connectivity index (χ2v) is 7.50. The fraction of sp³-hybridized carbons (Fsp3) is 0.947. The van der Waals surface area contributed by atoms with E-state index >= 15 is 0 Å². The van der Waals surface area contributed by atoms with Crippen LogP contribution in [-0.2, 0) is 4.74 Å². The minimum absolute atomic E-state index is 0.779. The zero-order chi connectivity index (χ0) is 17.2. The van der Waals surface area contributed by atoms with Crippen molar-refractivity contribution in [3.8, 4) is 0 Å². The minimum Gasteiger partial charge on any atom is -0.379 e. The van der Waals surface area contributed by atoms with Gasteiger partial charge in [-0.2, -0.15) is 0 Å². The Morgan fingerprint density at radius 3 is 2.79 bits per heavy atom. The number of likely N-dealkylation sites (N-methyl/N-ethyl adjacent to an activating group) is 1. The molecule has 140 valence electrons. The molecule has 1 heterocycles. The van der Waals surface area contributed by atoms with Crippen LogP contribution < -0.4 is 5.32 Å². The van der Waals surface area contributed by atoms with Gasteiger partial charge in [0.1, 0.15) is 0 Å². The first-order chi connectivity index (χ1) is 11.7. The lowest BCUT2D eigenvalue weighted by atomic mass is 10.0. The summed E-state index contributed by atoms with van der Waals surface area (Å²) in [5, 5.41) is 3.48. The minimum atomic E-state index is 0.779. The van der Waals surface area contributed by atoms with E-state index in [2.05, 4.69) is 34.1 Å². The molecule has 0 aromatic carbocycles. The summed E-state index contributed by atoms with van der Waals surface area (Å²) in [7, 11) is 3.95. The van der Waals surface area contributed by atoms with Crippen LogP contribution in [0.4, 0.5) is 0 Å². The summed E-state index contributed by atoms with van der Waals surface area (Å²) in [6.07, 6.45) is 9.34. The highest BCUT2D eigenvalue weighted by Gasteiger charge is 2.21. The molecule has 24 heavy (non-hydrogen) atoms. The van der Waals surface area contributed by atoms with Gasteiger partial charge in [0, 0.05) is 39.8 Å². The number of piperidine rings is 1. The molecular weight excluding hydrogens is 300 g/mol. The molecule has 1 N–H and O–H groups in total. The standard InChI is InChI=1S/C19H38N4O/c1-17-8-4-6-12-23(17)13-7-5-11-21-19(20-2)22(3)14-15-24-16-18-9-10-18/h17-18H,4-16H2,1-3H3,(H,20,21). The number of nitrogens with one attached hydrogen (secondary N) is 1. The smallest absolute Gasteiger partial charge is 0.193 e. The van der Waals surface area contributed by atoms with Crippen LogP contribution in [0.5, 0.6) is 0 Å². The predicted molar refractivity (Wildman–Crippen MR) is 102 cm³/mol. The molecule has 1 unspecified atom stereocenters.